The number of anilines is 2. The lowest BCUT2D eigenvalue weighted by atomic mass is 10.2. The fraction of sp³-hybridized carbons (Fsp3) is 0.320. The Morgan fingerprint density at radius 1 is 1.00 bits per heavy atom. The number of hydrogen-bond donors (Lipinski definition) is 1. The Balaban J connectivity index is 0.00000336. The van der Waals surface area contributed by atoms with Crippen LogP contribution in [0.2, 0.25) is 0 Å². The molecule has 0 atom stereocenters. The van der Waals surface area contributed by atoms with Gasteiger partial charge < -0.3 is 14.8 Å². The van der Waals surface area contributed by atoms with Gasteiger partial charge in [-0.1, -0.05) is 12.1 Å². The van der Waals surface area contributed by atoms with E-state index in [2.05, 4.69) is 25.1 Å². The van der Waals surface area contributed by atoms with Gasteiger partial charge in [0.2, 0.25) is 5.91 Å². The standard InChI is InChI=1S/C25H27FN8O3.H2/c1-30-23-22(24(36)31(2)25(30)37)34(16-28-23)15-21(35)29-20-8-7-19(13-27-20)33-11-9-32(10-12-33)14-17-3-5-18(26)6-4-17;/h3-8,13,16H,9-12,14-15H2,1-2H3,(H,27,29,35);1H. The minimum Gasteiger partial charge on any atom is -0.368 e. The molecule has 0 bridgehead atoms. The molecule has 1 saturated heterocycles. The van der Waals surface area contributed by atoms with Crippen LogP contribution in [0.25, 0.3) is 11.2 Å². The van der Waals surface area contributed by atoms with Crippen LogP contribution in [-0.2, 0) is 32.0 Å². The van der Waals surface area contributed by atoms with E-state index >= 15 is 0 Å². The lowest BCUT2D eigenvalue weighted by Gasteiger charge is -2.36. The van der Waals surface area contributed by atoms with Crippen LogP contribution in [-0.4, -0.2) is 60.7 Å². The molecule has 37 heavy (non-hydrogen) atoms. The lowest BCUT2D eigenvalue weighted by molar-refractivity contribution is -0.116. The van der Waals surface area contributed by atoms with Crippen molar-refractivity contribution in [3.63, 3.8) is 0 Å². The number of piperazine rings is 1. The summed E-state index contributed by atoms with van der Waals surface area (Å²) in [4.78, 5) is 50.4. The van der Waals surface area contributed by atoms with E-state index in [0.29, 0.717) is 5.82 Å². The fourth-order valence-corrected chi connectivity index (χ4v) is 4.51. The number of nitrogens with zero attached hydrogens (tertiary/aromatic N) is 7. The van der Waals surface area contributed by atoms with E-state index in [9.17, 15) is 18.8 Å². The first-order chi connectivity index (χ1) is 17.8. The zero-order chi connectivity index (χ0) is 26.1. The van der Waals surface area contributed by atoms with Gasteiger partial charge in [0.05, 0.1) is 18.2 Å². The largest absolute Gasteiger partial charge is 0.368 e. The van der Waals surface area contributed by atoms with Crippen molar-refractivity contribution < 1.29 is 10.6 Å². The second-order valence-electron chi connectivity index (χ2n) is 9.09. The van der Waals surface area contributed by atoms with Crippen LogP contribution in [0.4, 0.5) is 15.9 Å². The molecule has 3 aromatic heterocycles. The summed E-state index contributed by atoms with van der Waals surface area (Å²) >= 11 is 0. The topological polar surface area (TPSA) is 110 Å². The summed E-state index contributed by atoms with van der Waals surface area (Å²) in [5.74, 6) is -0.201. The van der Waals surface area contributed by atoms with E-state index in [-0.39, 0.29) is 30.9 Å². The van der Waals surface area contributed by atoms with Gasteiger partial charge in [0.25, 0.3) is 5.56 Å². The van der Waals surface area contributed by atoms with Crippen molar-refractivity contribution in [2.45, 2.75) is 13.1 Å². The molecule has 0 unspecified atom stereocenters. The van der Waals surface area contributed by atoms with Crippen molar-refractivity contribution in [1.82, 2.24) is 28.6 Å². The van der Waals surface area contributed by atoms with Gasteiger partial charge in [-0.05, 0) is 29.8 Å². The smallest absolute Gasteiger partial charge is 0.332 e. The van der Waals surface area contributed by atoms with Crippen LogP contribution in [0.5, 0.6) is 0 Å². The third-order valence-electron chi connectivity index (χ3n) is 6.60. The molecule has 1 aliphatic rings. The zero-order valence-electron chi connectivity index (χ0n) is 20.6. The summed E-state index contributed by atoms with van der Waals surface area (Å²) in [5, 5.41) is 2.74. The van der Waals surface area contributed by atoms with E-state index in [4.69, 9.17) is 0 Å². The normalized spacial score (nSPS) is 14.3. The maximum absolute atomic E-state index is 13.1. The number of carbonyl (C=O) groups is 1. The van der Waals surface area contributed by atoms with Crippen molar-refractivity contribution in [1.29, 1.82) is 0 Å². The average Bonchev–Trinajstić information content (AvgIpc) is 3.32. The number of aryl methyl sites for hydroxylation is 1. The van der Waals surface area contributed by atoms with Crippen LogP contribution in [0.3, 0.4) is 0 Å². The van der Waals surface area contributed by atoms with E-state index in [0.717, 1.165) is 48.5 Å². The van der Waals surface area contributed by atoms with E-state index in [1.54, 1.807) is 12.3 Å². The molecule has 0 spiro atoms. The number of nitrogens with one attached hydrogen (secondary N) is 1. The minimum atomic E-state index is -0.511. The minimum absolute atomic E-state index is 0. The Morgan fingerprint density at radius 2 is 1.73 bits per heavy atom. The van der Waals surface area contributed by atoms with Crippen LogP contribution in [0.15, 0.2) is 58.5 Å². The molecular weight excluding hydrogens is 479 g/mol. The molecule has 1 aromatic carbocycles. The van der Waals surface area contributed by atoms with Gasteiger partial charge in [-0.3, -0.25) is 23.6 Å². The number of hydrogen-bond acceptors (Lipinski definition) is 7. The van der Waals surface area contributed by atoms with Crippen molar-refractivity contribution in [3.05, 3.63) is 81.1 Å². The maximum Gasteiger partial charge on any atom is 0.332 e. The SMILES string of the molecule is Cn1c(=O)c2c(ncn2CC(=O)Nc2ccc(N3CCN(Cc4ccc(F)cc4)CC3)cn2)n(C)c1=O.[HH]. The molecule has 1 amide bonds. The maximum atomic E-state index is 13.1. The Bertz CT molecular complexity index is 1560. The highest BCUT2D eigenvalue weighted by atomic mass is 19.1. The zero-order valence-corrected chi connectivity index (χ0v) is 20.6. The molecule has 194 valence electrons. The second kappa shape index (κ2) is 9.97. The predicted molar refractivity (Wildman–Crippen MR) is 139 cm³/mol. The molecule has 0 saturated carbocycles. The molecule has 11 nitrogen and oxygen atoms in total. The van der Waals surface area contributed by atoms with Crippen LogP contribution >= 0.6 is 0 Å². The van der Waals surface area contributed by atoms with Gasteiger partial charge in [-0.2, -0.15) is 0 Å². The monoisotopic (exact) mass is 508 g/mol. The third-order valence-corrected chi connectivity index (χ3v) is 6.60. The molecule has 1 fully saturated rings. The number of rotatable bonds is 6. The average molecular weight is 509 g/mol. The highest BCUT2D eigenvalue weighted by Crippen LogP contribution is 2.18. The lowest BCUT2D eigenvalue weighted by Crippen LogP contribution is -2.46. The summed E-state index contributed by atoms with van der Waals surface area (Å²) < 4.78 is 16.8. The van der Waals surface area contributed by atoms with E-state index in [1.807, 2.05) is 18.2 Å². The molecule has 5 rings (SSSR count). The number of amides is 1. The molecule has 0 aliphatic carbocycles. The van der Waals surface area contributed by atoms with Crippen molar-refractivity contribution in [3.8, 4) is 0 Å². The van der Waals surface area contributed by atoms with Crippen LogP contribution < -0.4 is 21.5 Å². The number of carbonyl (C=O) groups excluding carboxylic acids is 1. The number of fused-ring (bicyclic) bond motifs is 1. The van der Waals surface area contributed by atoms with Crippen LogP contribution in [0.1, 0.15) is 6.99 Å². The predicted octanol–water partition coefficient (Wildman–Crippen LogP) is 1.17. The van der Waals surface area contributed by atoms with Gasteiger partial charge in [-0.15, -0.1) is 0 Å². The first-order valence-corrected chi connectivity index (χ1v) is 11.9. The summed E-state index contributed by atoms with van der Waals surface area (Å²) in [7, 11) is 2.91. The first kappa shape index (κ1) is 24.4. The third kappa shape index (κ3) is 5.00. The highest BCUT2D eigenvalue weighted by Gasteiger charge is 2.19. The second-order valence-corrected chi connectivity index (χ2v) is 9.09. The molecule has 1 N–H and O–H groups in total. The number of benzene rings is 1. The Kier molecular flexibility index (Phi) is 6.57. The summed E-state index contributed by atoms with van der Waals surface area (Å²) in [6.07, 6.45) is 3.10. The van der Waals surface area contributed by atoms with Gasteiger partial charge in [0, 0.05) is 48.2 Å². The van der Waals surface area contributed by atoms with Crippen molar-refractivity contribution in [2.24, 2.45) is 14.1 Å². The molecule has 4 heterocycles. The van der Waals surface area contributed by atoms with E-state index in [1.165, 1.54) is 41.7 Å². The van der Waals surface area contributed by atoms with Gasteiger partial charge in [-0.25, -0.2) is 19.2 Å². The van der Waals surface area contributed by atoms with Gasteiger partial charge >= 0.3 is 5.69 Å². The molecular formula is C25H29FN8O3. The van der Waals surface area contributed by atoms with Gasteiger partial charge in [0.15, 0.2) is 11.2 Å². The van der Waals surface area contributed by atoms with Crippen LogP contribution in [0, 0.1) is 5.82 Å². The Hall–Kier alpha value is -4.32. The quantitative estimate of drug-likeness (QED) is 0.416. The van der Waals surface area contributed by atoms with E-state index < -0.39 is 11.2 Å². The summed E-state index contributed by atoms with van der Waals surface area (Å²) in [6, 6.07) is 10.3. The molecule has 12 heteroatoms. The molecule has 4 aromatic rings. The molecule has 0 radical (unpaired) electrons. The first-order valence-electron chi connectivity index (χ1n) is 11.9. The number of halogens is 1. The fourth-order valence-electron chi connectivity index (χ4n) is 4.51. The number of aromatic nitrogens is 5. The number of imidazole rings is 1. The molecule has 1 aliphatic heterocycles. The van der Waals surface area contributed by atoms with Crippen molar-refractivity contribution >= 4 is 28.6 Å². The summed E-state index contributed by atoms with van der Waals surface area (Å²) in [5.41, 5.74) is 1.46. The Labute approximate surface area is 212 Å². The summed E-state index contributed by atoms with van der Waals surface area (Å²) in [6.45, 7) is 4.05. The number of pyridine rings is 1. The van der Waals surface area contributed by atoms with Crippen molar-refractivity contribution in [2.75, 3.05) is 36.4 Å². The Morgan fingerprint density at radius 3 is 2.41 bits per heavy atom. The van der Waals surface area contributed by atoms with Gasteiger partial charge in [0.1, 0.15) is 18.2 Å². The highest BCUT2D eigenvalue weighted by molar-refractivity contribution is 5.90.